The van der Waals surface area contributed by atoms with Gasteiger partial charge in [-0.2, -0.15) is 8.78 Å². The number of alkyl halides is 2. The number of halogens is 2. The van der Waals surface area contributed by atoms with E-state index >= 15 is 0 Å². The molecule has 27 heavy (non-hydrogen) atoms. The van der Waals surface area contributed by atoms with Crippen LogP contribution < -0.4 is 20.9 Å². The van der Waals surface area contributed by atoms with Crippen molar-refractivity contribution in [1.82, 2.24) is 14.9 Å². The molecule has 0 fully saturated rings. The van der Waals surface area contributed by atoms with E-state index in [1.165, 1.54) is 30.2 Å². The summed E-state index contributed by atoms with van der Waals surface area (Å²) in [7, 11) is 2.97. The Labute approximate surface area is 158 Å². The van der Waals surface area contributed by atoms with Crippen LogP contribution in [-0.4, -0.2) is 47.3 Å². The Morgan fingerprint density at radius 2 is 1.89 bits per heavy atom. The minimum Gasteiger partial charge on any atom is -0.493 e. The number of nitrogens with zero attached hydrogens (tertiary/aromatic N) is 3. The zero-order valence-corrected chi connectivity index (χ0v) is 15.5. The maximum Gasteiger partial charge on any atom is 0.387 e. The van der Waals surface area contributed by atoms with Gasteiger partial charge < -0.3 is 25.8 Å². The molecule has 0 unspecified atom stereocenters. The number of thioether (sulfide) groups is 1. The summed E-state index contributed by atoms with van der Waals surface area (Å²) in [5.41, 5.74) is 11.9. The number of ether oxygens (including phenoxy) is 2. The van der Waals surface area contributed by atoms with Crippen LogP contribution in [-0.2, 0) is 11.3 Å². The molecule has 0 bridgehead atoms. The molecular weight excluding hydrogens is 380 g/mol. The largest absolute Gasteiger partial charge is 0.493 e. The summed E-state index contributed by atoms with van der Waals surface area (Å²) in [5.74, 6) is 0.441. The number of carbonyl (C=O) groups excluding carboxylic acids is 1. The average molecular weight is 399 g/mol. The number of carbonyl (C=O) groups is 1. The Hall–Kier alpha value is -2.82. The molecule has 0 radical (unpaired) electrons. The van der Waals surface area contributed by atoms with Gasteiger partial charge in [-0.25, -0.2) is 9.97 Å². The second kappa shape index (κ2) is 9.21. The van der Waals surface area contributed by atoms with Gasteiger partial charge in [-0.1, -0.05) is 17.8 Å². The fourth-order valence-electron chi connectivity index (χ4n) is 2.13. The third kappa shape index (κ3) is 6.13. The summed E-state index contributed by atoms with van der Waals surface area (Å²) in [4.78, 5) is 21.8. The maximum atomic E-state index is 12.4. The molecule has 2 aromatic rings. The van der Waals surface area contributed by atoms with Gasteiger partial charge in [-0.15, -0.1) is 0 Å². The predicted octanol–water partition coefficient (Wildman–Crippen LogP) is 2.00. The van der Waals surface area contributed by atoms with Crippen LogP contribution >= 0.6 is 11.8 Å². The van der Waals surface area contributed by atoms with E-state index in [2.05, 4.69) is 14.7 Å². The second-order valence-electron chi connectivity index (χ2n) is 5.40. The number of anilines is 2. The van der Waals surface area contributed by atoms with Gasteiger partial charge in [0, 0.05) is 19.7 Å². The lowest BCUT2D eigenvalue weighted by molar-refractivity contribution is -0.127. The van der Waals surface area contributed by atoms with Gasteiger partial charge in [0.1, 0.15) is 11.6 Å². The number of rotatable bonds is 8. The molecule has 0 saturated heterocycles. The summed E-state index contributed by atoms with van der Waals surface area (Å²) in [6, 6.07) is 5.92. The van der Waals surface area contributed by atoms with Crippen molar-refractivity contribution in [3.8, 4) is 11.5 Å². The van der Waals surface area contributed by atoms with Crippen LogP contribution in [0.4, 0.5) is 20.4 Å². The predicted molar refractivity (Wildman–Crippen MR) is 97.7 cm³/mol. The molecule has 1 aromatic heterocycles. The molecule has 1 aromatic carbocycles. The summed E-state index contributed by atoms with van der Waals surface area (Å²) in [6.07, 6.45) is 0. The minimum atomic E-state index is -2.95. The quantitative estimate of drug-likeness (QED) is 0.511. The zero-order chi connectivity index (χ0) is 20.0. The van der Waals surface area contributed by atoms with Gasteiger partial charge in [-0.3, -0.25) is 4.79 Å². The van der Waals surface area contributed by atoms with Gasteiger partial charge in [0.2, 0.25) is 5.91 Å². The molecule has 2 rings (SSSR count). The number of benzene rings is 1. The van der Waals surface area contributed by atoms with E-state index in [0.717, 1.165) is 11.8 Å². The highest BCUT2D eigenvalue weighted by Crippen LogP contribution is 2.30. The van der Waals surface area contributed by atoms with E-state index in [9.17, 15) is 13.6 Å². The molecule has 0 saturated carbocycles. The summed E-state index contributed by atoms with van der Waals surface area (Å²) in [5, 5.41) is 0.310. The van der Waals surface area contributed by atoms with Crippen molar-refractivity contribution < 1.29 is 23.0 Å². The Morgan fingerprint density at radius 1 is 1.22 bits per heavy atom. The maximum absolute atomic E-state index is 12.4. The standard InChI is InChI=1S/C16H19F2N5O3S/c1-23(14(24)8-27-16-21-12(19)6-13(20)22-16)7-9-3-4-10(26-15(17)18)11(5-9)25-2/h3-6,15H,7-8H2,1-2H3,(H4,19,20,21,22). The van der Waals surface area contributed by atoms with Crippen LogP contribution in [0.3, 0.4) is 0 Å². The van der Waals surface area contributed by atoms with Gasteiger partial charge in [0.15, 0.2) is 16.7 Å². The van der Waals surface area contributed by atoms with Crippen LogP contribution in [0.25, 0.3) is 0 Å². The third-order valence-corrected chi connectivity index (χ3v) is 4.19. The van der Waals surface area contributed by atoms with Crippen molar-refractivity contribution >= 4 is 29.3 Å². The summed E-state index contributed by atoms with van der Waals surface area (Å²) >= 11 is 1.11. The van der Waals surface area contributed by atoms with E-state index in [4.69, 9.17) is 16.2 Å². The van der Waals surface area contributed by atoms with Crippen molar-refractivity contribution in [3.05, 3.63) is 29.8 Å². The summed E-state index contributed by atoms with van der Waals surface area (Å²) < 4.78 is 34.2. The number of amides is 1. The van der Waals surface area contributed by atoms with Crippen molar-refractivity contribution in [2.75, 3.05) is 31.4 Å². The molecule has 0 atom stereocenters. The van der Waals surface area contributed by atoms with Gasteiger partial charge in [-0.05, 0) is 17.7 Å². The zero-order valence-electron chi connectivity index (χ0n) is 14.7. The summed E-state index contributed by atoms with van der Waals surface area (Å²) in [6.45, 7) is -2.70. The van der Waals surface area contributed by atoms with E-state index in [-0.39, 0.29) is 41.3 Å². The van der Waals surface area contributed by atoms with Crippen molar-refractivity contribution in [1.29, 1.82) is 0 Å². The number of methoxy groups -OCH3 is 1. The Balaban J connectivity index is 1.97. The lowest BCUT2D eigenvalue weighted by atomic mass is 10.2. The third-order valence-electron chi connectivity index (χ3n) is 3.36. The van der Waals surface area contributed by atoms with E-state index in [1.807, 2.05) is 0 Å². The molecule has 146 valence electrons. The fraction of sp³-hybridized carbons (Fsp3) is 0.312. The molecular formula is C16H19F2N5O3S. The highest BCUT2D eigenvalue weighted by Gasteiger charge is 2.15. The van der Waals surface area contributed by atoms with Gasteiger partial charge in [0.05, 0.1) is 12.9 Å². The van der Waals surface area contributed by atoms with Crippen molar-refractivity contribution in [2.45, 2.75) is 18.3 Å². The molecule has 11 heteroatoms. The first-order chi connectivity index (χ1) is 12.8. The molecule has 0 aliphatic heterocycles. The second-order valence-corrected chi connectivity index (χ2v) is 6.34. The topological polar surface area (TPSA) is 117 Å². The number of nitrogens with two attached hydrogens (primary N) is 2. The molecule has 8 nitrogen and oxygen atoms in total. The molecule has 0 spiro atoms. The first-order valence-corrected chi connectivity index (χ1v) is 8.65. The average Bonchev–Trinajstić information content (AvgIpc) is 2.59. The number of aromatic nitrogens is 2. The Morgan fingerprint density at radius 3 is 2.48 bits per heavy atom. The molecule has 1 heterocycles. The van der Waals surface area contributed by atoms with Crippen LogP contribution in [0.15, 0.2) is 29.4 Å². The van der Waals surface area contributed by atoms with Crippen molar-refractivity contribution in [2.24, 2.45) is 0 Å². The molecule has 0 aliphatic carbocycles. The van der Waals surface area contributed by atoms with E-state index in [0.29, 0.717) is 10.7 Å². The first kappa shape index (κ1) is 20.5. The Kier molecular flexibility index (Phi) is 6.99. The van der Waals surface area contributed by atoms with E-state index < -0.39 is 6.61 Å². The van der Waals surface area contributed by atoms with Crippen molar-refractivity contribution in [3.63, 3.8) is 0 Å². The smallest absolute Gasteiger partial charge is 0.387 e. The van der Waals surface area contributed by atoms with Crippen LogP contribution in [0, 0.1) is 0 Å². The highest BCUT2D eigenvalue weighted by atomic mass is 32.2. The van der Waals surface area contributed by atoms with Crippen LogP contribution in [0.2, 0.25) is 0 Å². The van der Waals surface area contributed by atoms with Crippen LogP contribution in [0.1, 0.15) is 5.56 Å². The first-order valence-electron chi connectivity index (χ1n) is 7.67. The van der Waals surface area contributed by atoms with Crippen LogP contribution in [0.5, 0.6) is 11.5 Å². The number of nitrogen functional groups attached to an aromatic ring is 2. The number of hydrogen-bond donors (Lipinski definition) is 2. The lowest BCUT2D eigenvalue weighted by Crippen LogP contribution is -2.27. The highest BCUT2D eigenvalue weighted by molar-refractivity contribution is 7.99. The molecule has 0 aliphatic rings. The minimum absolute atomic E-state index is 0.0720. The normalized spacial score (nSPS) is 10.7. The van der Waals surface area contributed by atoms with E-state index in [1.54, 1.807) is 13.1 Å². The molecule has 1 amide bonds. The SMILES string of the molecule is COc1cc(CN(C)C(=O)CSc2nc(N)cc(N)n2)ccc1OC(F)F. The van der Waals surface area contributed by atoms with Gasteiger partial charge >= 0.3 is 6.61 Å². The lowest BCUT2D eigenvalue weighted by Gasteiger charge is -2.18. The molecule has 4 N–H and O–H groups in total. The fourth-order valence-corrected chi connectivity index (χ4v) is 2.94. The monoisotopic (exact) mass is 399 g/mol. The number of hydrogen-bond acceptors (Lipinski definition) is 8. The Bertz CT molecular complexity index is 789. The van der Waals surface area contributed by atoms with Gasteiger partial charge in [0.25, 0.3) is 0 Å².